The summed E-state index contributed by atoms with van der Waals surface area (Å²) in [5, 5.41) is 2.63. The molecule has 0 bridgehead atoms. The lowest BCUT2D eigenvalue weighted by Gasteiger charge is -2.05. The third kappa shape index (κ3) is 2.31. The lowest BCUT2D eigenvalue weighted by molar-refractivity contribution is -0.114. The van der Waals surface area contributed by atoms with E-state index < -0.39 is 9.84 Å². The minimum Gasteiger partial charge on any atom is -0.326 e. The van der Waals surface area contributed by atoms with Gasteiger partial charge in [0.2, 0.25) is 5.91 Å². The Morgan fingerprint density at radius 2 is 1.64 bits per heavy atom. The molecule has 0 heterocycles. The molecular formula is C16H13NO4S. The fraction of sp³-hybridized carbons (Fsp3) is 0.125. The summed E-state index contributed by atoms with van der Waals surface area (Å²) in [7, 11) is -3.34. The van der Waals surface area contributed by atoms with Crippen molar-refractivity contribution in [1.29, 1.82) is 0 Å². The van der Waals surface area contributed by atoms with Crippen LogP contribution in [-0.4, -0.2) is 26.4 Å². The Morgan fingerprint density at radius 3 is 2.27 bits per heavy atom. The largest absolute Gasteiger partial charge is 0.326 e. The van der Waals surface area contributed by atoms with Gasteiger partial charge in [-0.05, 0) is 41.5 Å². The van der Waals surface area contributed by atoms with Crippen molar-refractivity contribution < 1.29 is 18.0 Å². The van der Waals surface area contributed by atoms with E-state index in [4.69, 9.17) is 0 Å². The fourth-order valence-electron chi connectivity index (χ4n) is 2.57. The van der Waals surface area contributed by atoms with Gasteiger partial charge in [0.05, 0.1) is 4.90 Å². The molecule has 2 aromatic rings. The highest BCUT2D eigenvalue weighted by Gasteiger charge is 2.28. The third-order valence-electron chi connectivity index (χ3n) is 3.54. The molecule has 1 amide bonds. The van der Waals surface area contributed by atoms with Crippen LogP contribution in [0.25, 0.3) is 11.1 Å². The number of sulfone groups is 1. The second-order valence-corrected chi connectivity index (χ2v) is 7.27. The van der Waals surface area contributed by atoms with Crippen molar-refractivity contribution in [3.63, 3.8) is 0 Å². The maximum atomic E-state index is 12.4. The lowest BCUT2D eigenvalue weighted by atomic mass is 10.1. The van der Waals surface area contributed by atoms with Crippen molar-refractivity contribution in [2.45, 2.75) is 11.8 Å². The summed E-state index contributed by atoms with van der Waals surface area (Å²) in [5.74, 6) is -0.389. The van der Waals surface area contributed by atoms with Crippen LogP contribution >= 0.6 is 0 Å². The molecule has 1 aliphatic carbocycles. The number of rotatable bonds is 2. The second-order valence-electron chi connectivity index (χ2n) is 5.25. The highest BCUT2D eigenvalue weighted by atomic mass is 32.2. The Morgan fingerprint density at radius 1 is 0.955 bits per heavy atom. The fourth-order valence-corrected chi connectivity index (χ4v) is 3.22. The average molecular weight is 315 g/mol. The van der Waals surface area contributed by atoms with Crippen molar-refractivity contribution in [3.05, 3.63) is 47.5 Å². The quantitative estimate of drug-likeness (QED) is 0.786. The Labute approximate surface area is 127 Å². The van der Waals surface area contributed by atoms with E-state index in [1.165, 1.54) is 25.1 Å². The number of hydrogen-bond acceptors (Lipinski definition) is 4. The monoisotopic (exact) mass is 315 g/mol. The van der Waals surface area contributed by atoms with Crippen LogP contribution in [0.2, 0.25) is 0 Å². The second kappa shape index (κ2) is 4.78. The first-order valence-corrected chi connectivity index (χ1v) is 8.47. The number of hydrogen-bond donors (Lipinski definition) is 1. The summed E-state index contributed by atoms with van der Waals surface area (Å²) in [5.41, 5.74) is 2.77. The Bertz CT molecular complexity index is 929. The number of nitrogens with one attached hydrogen (secondary N) is 1. The minimum absolute atomic E-state index is 0.169. The van der Waals surface area contributed by atoms with Crippen LogP contribution in [0.4, 0.5) is 5.69 Å². The predicted octanol–water partition coefficient (Wildman–Crippen LogP) is 2.26. The summed E-state index contributed by atoms with van der Waals surface area (Å²) < 4.78 is 23.3. The van der Waals surface area contributed by atoms with E-state index in [9.17, 15) is 18.0 Å². The van der Waals surface area contributed by atoms with Crippen LogP contribution in [-0.2, 0) is 14.6 Å². The number of ketones is 1. The molecule has 1 N–H and O–H groups in total. The number of amides is 1. The Balaban J connectivity index is 2.16. The molecule has 0 aromatic heterocycles. The summed E-state index contributed by atoms with van der Waals surface area (Å²) in [4.78, 5) is 23.7. The summed E-state index contributed by atoms with van der Waals surface area (Å²) in [6.45, 7) is 1.39. The molecule has 1 aliphatic rings. The molecule has 6 heteroatoms. The summed E-state index contributed by atoms with van der Waals surface area (Å²) in [6, 6.07) is 9.51. The molecule has 0 spiro atoms. The van der Waals surface area contributed by atoms with Gasteiger partial charge in [-0.15, -0.1) is 0 Å². The van der Waals surface area contributed by atoms with Crippen molar-refractivity contribution in [1.82, 2.24) is 0 Å². The van der Waals surface area contributed by atoms with Gasteiger partial charge in [-0.25, -0.2) is 8.42 Å². The lowest BCUT2D eigenvalue weighted by Crippen LogP contribution is -2.06. The minimum atomic E-state index is -3.34. The molecular weight excluding hydrogens is 302 g/mol. The standard InChI is InChI=1S/C16H13NO4S/c1-9(18)17-10-3-5-12-14-8-11(22(2,20)21)4-6-13(14)16(19)15(12)7-10/h3-8H,1-2H3,(H,17,18). The van der Waals surface area contributed by atoms with Gasteiger partial charge in [0.1, 0.15) is 0 Å². The number of carbonyl (C=O) groups excluding carboxylic acids is 2. The molecule has 5 nitrogen and oxygen atoms in total. The third-order valence-corrected chi connectivity index (χ3v) is 4.65. The SMILES string of the molecule is CC(=O)Nc1ccc2c(c1)C(=O)c1ccc(S(C)(=O)=O)cc1-2. The van der Waals surface area contributed by atoms with Gasteiger partial charge in [0, 0.05) is 30.0 Å². The van der Waals surface area contributed by atoms with Gasteiger partial charge >= 0.3 is 0 Å². The highest BCUT2D eigenvalue weighted by Crippen LogP contribution is 2.39. The van der Waals surface area contributed by atoms with Crippen molar-refractivity contribution in [2.24, 2.45) is 0 Å². The van der Waals surface area contributed by atoms with Crippen LogP contribution in [0.5, 0.6) is 0 Å². The topological polar surface area (TPSA) is 80.3 Å². The molecule has 0 saturated carbocycles. The zero-order chi connectivity index (χ0) is 16.1. The van der Waals surface area contributed by atoms with Crippen molar-refractivity contribution in [3.8, 4) is 11.1 Å². The van der Waals surface area contributed by atoms with E-state index in [-0.39, 0.29) is 16.6 Å². The Kier molecular flexibility index (Phi) is 3.14. The number of fused-ring (bicyclic) bond motifs is 3. The first-order chi connectivity index (χ1) is 10.3. The molecule has 0 fully saturated rings. The van der Waals surface area contributed by atoms with Crippen molar-refractivity contribution in [2.75, 3.05) is 11.6 Å². The maximum absolute atomic E-state index is 12.4. The Hall–Kier alpha value is -2.47. The average Bonchev–Trinajstić information content (AvgIpc) is 2.70. The van der Waals surface area contributed by atoms with Crippen LogP contribution in [0, 0.1) is 0 Å². The molecule has 0 atom stereocenters. The molecule has 0 aliphatic heterocycles. The van der Waals surface area contributed by atoms with Gasteiger partial charge in [0.15, 0.2) is 15.6 Å². The maximum Gasteiger partial charge on any atom is 0.221 e. The van der Waals surface area contributed by atoms with Crippen molar-refractivity contribution >= 4 is 27.2 Å². The van der Waals surface area contributed by atoms with E-state index in [0.29, 0.717) is 27.9 Å². The van der Waals surface area contributed by atoms with Crippen LogP contribution in [0.3, 0.4) is 0 Å². The molecule has 0 unspecified atom stereocenters. The van der Waals surface area contributed by atoms with E-state index in [0.717, 1.165) is 6.26 Å². The van der Waals surface area contributed by atoms with Gasteiger partial charge < -0.3 is 5.32 Å². The zero-order valence-corrected chi connectivity index (χ0v) is 12.8. The van der Waals surface area contributed by atoms with E-state index >= 15 is 0 Å². The summed E-state index contributed by atoms with van der Waals surface area (Å²) in [6.07, 6.45) is 1.13. The van der Waals surface area contributed by atoms with Gasteiger partial charge in [0.25, 0.3) is 0 Å². The first kappa shape index (κ1) is 14.5. The van der Waals surface area contributed by atoms with Gasteiger partial charge in [-0.2, -0.15) is 0 Å². The summed E-state index contributed by atoms with van der Waals surface area (Å²) >= 11 is 0. The van der Waals surface area contributed by atoms with E-state index in [1.54, 1.807) is 18.2 Å². The molecule has 0 radical (unpaired) electrons. The van der Waals surface area contributed by atoms with Gasteiger partial charge in [-0.1, -0.05) is 6.07 Å². The van der Waals surface area contributed by atoms with E-state index in [1.807, 2.05) is 0 Å². The molecule has 22 heavy (non-hydrogen) atoms. The number of carbonyl (C=O) groups is 2. The number of benzene rings is 2. The number of anilines is 1. The van der Waals surface area contributed by atoms with Gasteiger partial charge in [-0.3, -0.25) is 9.59 Å². The first-order valence-electron chi connectivity index (χ1n) is 6.58. The highest BCUT2D eigenvalue weighted by molar-refractivity contribution is 7.90. The molecule has 3 rings (SSSR count). The normalized spacial score (nSPS) is 12.7. The van der Waals surface area contributed by atoms with E-state index in [2.05, 4.69) is 5.32 Å². The molecule has 2 aromatic carbocycles. The predicted molar refractivity (Wildman–Crippen MR) is 82.7 cm³/mol. The van der Waals surface area contributed by atoms with Crippen LogP contribution in [0.1, 0.15) is 22.8 Å². The molecule has 0 saturated heterocycles. The van der Waals surface area contributed by atoms with Crippen LogP contribution < -0.4 is 5.32 Å². The van der Waals surface area contributed by atoms with Crippen LogP contribution in [0.15, 0.2) is 41.3 Å². The zero-order valence-electron chi connectivity index (χ0n) is 12.0. The smallest absolute Gasteiger partial charge is 0.221 e. The molecule has 112 valence electrons.